The van der Waals surface area contributed by atoms with Gasteiger partial charge in [-0.25, -0.2) is 4.79 Å². The standard InChI is InChI=1S/C27H33NO7/c1-17-9-10-28(15-17)27(30)35-23-8-6-19(14-25(23)33-4)12-21-20(16-34-26(21)29)11-18-5-7-22(31-2)24(13-18)32-3/h5-8,13-14,17,20-21H,9-12,15-16H2,1-4H3/t17-,20-,21+/m0/s1. The minimum absolute atomic E-state index is 0.0289. The number of cyclic esters (lactones) is 1. The van der Waals surface area contributed by atoms with Gasteiger partial charge in [0.2, 0.25) is 0 Å². The molecule has 3 atom stereocenters. The van der Waals surface area contributed by atoms with Crippen LogP contribution in [-0.4, -0.2) is 58.0 Å². The van der Waals surface area contributed by atoms with Crippen LogP contribution >= 0.6 is 0 Å². The van der Waals surface area contributed by atoms with Crippen LogP contribution in [0.5, 0.6) is 23.0 Å². The lowest BCUT2D eigenvalue weighted by Crippen LogP contribution is -2.31. The minimum Gasteiger partial charge on any atom is -0.493 e. The highest BCUT2D eigenvalue weighted by Crippen LogP contribution is 2.35. The predicted octanol–water partition coefficient (Wildman–Crippen LogP) is 4.13. The Balaban J connectivity index is 1.45. The molecule has 188 valence electrons. The summed E-state index contributed by atoms with van der Waals surface area (Å²) in [4.78, 5) is 26.8. The minimum atomic E-state index is -0.366. The zero-order valence-corrected chi connectivity index (χ0v) is 20.7. The molecule has 4 rings (SSSR count). The third-order valence-corrected chi connectivity index (χ3v) is 6.82. The molecule has 1 amide bonds. The summed E-state index contributed by atoms with van der Waals surface area (Å²) in [5.41, 5.74) is 1.96. The van der Waals surface area contributed by atoms with Crippen LogP contribution < -0.4 is 18.9 Å². The summed E-state index contributed by atoms with van der Waals surface area (Å²) in [5.74, 6) is 2.18. The summed E-state index contributed by atoms with van der Waals surface area (Å²) < 4.78 is 27.2. The van der Waals surface area contributed by atoms with Gasteiger partial charge in [0.05, 0.1) is 33.9 Å². The molecule has 0 aliphatic carbocycles. The van der Waals surface area contributed by atoms with Crippen molar-refractivity contribution in [3.8, 4) is 23.0 Å². The average molecular weight is 484 g/mol. The van der Waals surface area contributed by atoms with Gasteiger partial charge in [0.25, 0.3) is 0 Å². The lowest BCUT2D eigenvalue weighted by atomic mass is 9.85. The van der Waals surface area contributed by atoms with Crippen LogP contribution in [-0.2, 0) is 22.4 Å². The Morgan fingerprint density at radius 1 is 0.943 bits per heavy atom. The summed E-state index contributed by atoms with van der Waals surface area (Å²) in [6.45, 7) is 3.89. The molecule has 0 saturated carbocycles. The maximum atomic E-state index is 12.6. The topological polar surface area (TPSA) is 83.5 Å². The molecule has 2 aromatic rings. The van der Waals surface area contributed by atoms with Crippen LogP contribution in [0.2, 0.25) is 0 Å². The Morgan fingerprint density at radius 3 is 2.20 bits per heavy atom. The van der Waals surface area contributed by atoms with Crippen LogP contribution in [0.3, 0.4) is 0 Å². The van der Waals surface area contributed by atoms with E-state index in [0.29, 0.717) is 61.5 Å². The summed E-state index contributed by atoms with van der Waals surface area (Å²) >= 11 is 0. The number of ether oxygens (including phenoxy) is 5. The molecule has 0 bridgehead atoms. The van der Waals surface area contributed by atoms with Crippen molar-refractivity contribution in [3.05, 3.63) is 47.5 Å². The van der Waals surface area contributed by atoms with E-state index in [4.69, 9.17) is 23.7 Å². The highest BCUT2D eigenvalue weighted by molar-refractivity contribution is 5.75. The molecule has 8 nitrogen and oxygen atoms in total. The number of hydrogen-bond acceptors (Lipinski definition) is 7. The van der Waals surface area contributed by atoms with Crippen molar-refractivity contribution >= 4 is 12.1 Å². The molecular formula is C27H33NO7. The van der Waals surface area contributed by atoms with Crippen LogP contribution in [0, 0.1) is 17.8 Å². The molecule has 2 aliphatic rings. The maximum absolute atomic E-state index is 12.6. The highest BCUT2D eigenvalue weighted by Gasteiger charge is 2.37. The first kappa shape index (κ1) is 24.7. The average Bonchev–Trinajstić information content (AvgIpc) is 3.45. The van der Waals surface area contributed by atoms with Gasteiger partial charge in [-0.05, 0) is 60.6 Å². The SMILES string of the molecule is COc1ccc(C[C@H]2COC(=O)[C@@H]2Cc2ccc(OC(=O)N3CC[C@H](C)C3)c(OC)c2)cc1OC. The molecule has 2 aromatic carbocycles. The van der Waals surface area contributed by atoms with Crippen molar-refractivity contribution < 1.29 is 33.3 Å². The van der Waals surface area contributed by atoms with E-state index >= 15 is 0 Å². The Kier molecular flexibility index (Phi) is 7.68. The molecule has 35 heavy (non-hydrogen) atoms. The second kappa shape index (κ2) is 10.9. The first-order valence-electron chi connectivity index (χ1n) is 11.9. The van der Waals surface area contributed by atoms with Gasteiger partial charge in [-0.2, -0.15) is 0 Å². The van der Waals surface area contributed by atoms with E-state index in [-0.39, 0.29) is 23.9 Å². The van der Waals surface area contributed by atoms with Gasteiger partial charge in [-0.1, -0.05) is 19.1 Å². The first-order chi connectivity index (χ1) is 16.9. The van der Waals surface area contributed by atoms with E-state index < -0.39 is 0 Å². The number of carbonyl (C=O) groups excluding carboxylic acids is 2. The highest BCUT2D eigenvalue weighted by atomic mass is 16.6. The Morgan fingerprint density at radius 2 is 1.57 bits per heavy atom. The molecule has 0 spiro atoms. The third-order valence-electron chi connectivity index (χ3n) is 6.82. The third kappa shape index (κ3) is 5.63. The first-order valence-corrected chi connectivity index (χ1v) is 11.9. The van der Waals surface area contributed by atoms with E-state index in [1.807, 2.05) is 30.3 Å². The number of rotatable bonds is 8. The molecule has 0 aromatic heterocycles. The molecule has 2 saturated heterocycles. The van der Waals surface area contributed by atoms with Crippen molar-refractivity contribution in [1.82, 2.24) is 4.90 Å². The quantitative estimate of drug-likeness (QED) is 0.522. The maximum Gasteiger partial charge on any atom is 0.415 e. The van der Waals surface area contributed by atoms with Gasteiger partial charge in [0, 0.05) is 19.0 Å². The summed E-state index contributed by atoms with van der Waals surface area (Å²) in [5, 5.41) is 0. The molecule has 2 fully saturated rings. The number of amides is 1. The van der Waals surface area contributed by atoms with Gasteiger partial charge < -0.3 is 28.6 Å². The summed E-state index contributed by atoms with van der Waals surface area (Å²) in [7, 11) is 4.75. The molecule has 2 aliphatic heterocycles. The monoisotopic (exact) mass is 483 g/mol. The molecule has 0 N–H and O–H groups in total. The lowest BCUT2D eigenvalue weighted by Gasteiger charge is -2.19. The Hall–Kier alpha value is -3.42. The molecule has 8 heteroatoms. The normalized spacial score (nSPS) is 21.5. The van der Waals surface area contributed by atoms with E-state index in [9.17, 15) is 9.59 Å². The lowest BCUT2D eigenvalue weighted by molar-refractivity contribution is -0.141. The van der Waals surface area contributed by atoms with Crippen molar-refractivity contribution in [2.24, 2.45) is 17.8 Å². The molecular weight excluding hydrogens is 450 g/mol. The van der Waals surface area contributed by atoms with Crippen molar-refractivity contribution in [3.63, 3.8) is 0 Å². The van der Waals surface area contributed by atoms with Gasteiger partial charge in [0.1, 0.15) is 0 Å². The van der Waals surface area contributed by atoms with Gasteiger partial charge >= 0.3 is 12.1 Å². The van der Waals surface area contributed by atoms with Crippen LogP contribution in [0.25, 0.3) is 0 Å². The zero-order chi connectivity index (χ0) is 24.9. The number of hydrogen-bond donors (Lipinski definition) is 0. The van der Waals surface area contributed by atoms with E-state index in [0.717, 1.165) is 17.5 Å². The number of esters is 1. The van der Waals surface area contributed by atoms with Crippen LogP contribution in [0.4, 0.5) is 4.79 Å². The van der Waals surface area contributed by atoms with E-state index in [1.165, 1.54) is 7.11 Å². The van der Waals surface area contributed by atoms with Gasteiger partial charge in [-0.15, -0.1) is 0 Å². The zero-order valence-electron chi connectivity index (χ0n) is 20.7. The largest absolute Gasteiger partial charge is 0.493 e. The van der Waals surface area contributed by atoms with Crippen LogP contribution in [0.1, 0.15) is 24.5 Å². The predicted molar refractivity (Wildman–Crippen MR) is 129 cm³/mol. The number of methoxy groups -OCH3 is 3. The number of benzene rings is 2. The summed E-state index contributed by atoms with van der Waals surface area (Å²) in [6, 6.07) is 11.2. The second-order valence-corrected chi connectivity index (χ2v) is 9.29. The van der Waals surface area contributed by atoms with Gasteiger partial charge in [0.15, 0.2) is 23.0 Å². The van der Waals surface area contributed by atoms with Crippen molar-refractivity contribution in [2.75, 3.05) is 41.0 Å². The Labute approximate surface area is 206 Å². The van der Waals surface area contributed by atoms with E-state index in [2.05, 4.69) is 6.92 Å². The van der Waals surface area contributed by atoms with Crippen molar-refractivity contribution in [2.45, 2.75) is 26.2 Å². The fraction of sp³-hybridized carbons (Fsp3) is 0.481. The second-order valence-electron chi connectivity index (χ2n) is 9.29. The Bertz CT molecular complexity index is 1070. The smallest absolute Gasteiger partial charge is 0.415 e. The summed E-state index contributed by atoms with van der Waals surface area (Å²) in [6.07, 6.45) is 1.80. The van der Waals surface area contributed by atoms with Gasteiger partial charge in [-0.3, -0.25) is 4.79 Å². The molecule has 2 heterocycles. The number of nitrogens with zero attached hydrogens (tertiary/aromatic N) is 1. The van der Waals surface area contributed by atoms with Crippen LogP contribution in [0.15, 0.2) is 36.4 Å². The fourth-order valence-corrected chi connectivity index (χ4v) is 4.80. The number of likely N-dealkylation sites (tertiary alicyclic amines) is 1. The van der Waals surface area contributed by atoms with E-state index in [1.54, 1.807) is 25.2 Å². The fourth-order valence-electron chi connectivity index (χ4n) is 4.80. The molecule has 0 unspecified atom stereocenters. The van der Waals surface area contributed by atoms with Crippen molar-refractivity contribution in [1.29, 1.82) is 0 Å². The number of carbonyl (C=O) groups is 2. The molecule has 0 radical (unpaired) electrons.